The Morgan fingerprint density at radius 1 is 1.16 bits per heavy atom. The van der Waals surface area contributed by atoms with E-state index >= 15 is 0 Å². The third-order valence-corrected chi connectivity index (χ3v) is 5.84. The molecular weight excluding hydrogens is 426 g/mol. The Balaban J connectivity index is 1.61. The fourth-order valence-electron chi connectivity index (χ4n) is 3.32. The van der Waals surface area contributed by atoms with Gasteiger partial charge in [-0.3, -0.25) is 14.2 Å². The second-order valence-corrected chi connectivity index (χ2v) is 9.01. The molecule has 0 saturated heterocycles. The summed E-state index contributed by atoms with van der Waals surface area (Å²) in [5.74, 6) is 1.27. The minimum Gasteiger partial charge on any atom is -0.461 e. The highest BCUT2D eigenvalue weighted by atomic mass is 32.2. The zero-order chi connectivity index (χ0) is 23.1. The predicted molar refractivity (Wildman–Crippen MR) is 124 cm³/mol. The van der Waals surface area contributed by atoms with Gasteiger partial charge in [0.15, 0.2) is 16.7 Å². The van der Waals surface area contributed by atoms with Crippen molar-refractivity contribution >= 4 is 23.6 Å². The Bertz CT molecular complexity index is 1030. The predicted octanol–water partition coefficient (Wildman–Crippen LogP) is 3.58. The van der Waals surface area contributed by atoms with Crippen LogP contribution in [0, 0.1) is 5.92 Å². The van der Waals surface area contributed by atoms with Gasteiger partial charge in [0.1, 0.15) is 0 Å². The van der Waals surface area contributed by atoms with Crippen LogP contribution in [0.1, 0.15) is 44.4 Å². The van der Waals surface area contributed by atoms with Crippen LogP contribution >= 0.6 is 11.8 Å². The molecule has 0 aliphatic rings. The number of benzene rings is 1. The van der Waals surface area contributed by atoms with E-state index in [1.165, 1.54) is 17.3 Å². The van der Waals surface area contributed by atoms with Gasteiger partial charge in [0, 0.05) is 13.0 Å². The minimum absolute atomic E-state index is 0.109. The molecule has 1 unspecified atom stereocenters. The second kappa shape index (κ2) is 11.0. The lowest BCUT2D eigenvalue weighted by Crippen LogP contribution is -2.28. The summed E-state index contributed by atoms with van der Waals surface area (Å²) < 4.78 is 7.16. The zero-order valence-electron chi connectivity index (χ0n) is 18.6. The van der Waals surface area contributed by atoms with Crippen molar-refractivity contribution < 1.29 is 14.0 Å². The van der Waals surface area contributed by atoms with E-state index in [4.69, 9.17) is 10.2 Å². The molecule has 2 aromatic heterocycles. The third-order valence-electron chi connectivity index (χ3n) is 4.87. The Morgan fingerprint density at radius 3 is 2.53 bits per heavy atom. The zero-order valence-corrected chi connectivity index (χ0v) is 19.4. The molecule has 32 heavy (non-hydrogen) atoms. The molecule has 170 valence electrons. The summed E-state index contributed by atoms with van der Waals surface area (Å²) in [7, 11) is 0. The molecule has 0 aliphatic carbocycles. The minimum atomic E-state index is -0.425. The molecule has 2 heterocycles. The van der Waals surface area contributed by atoms with Gasteiger partial charge in [-0.1, -0.05) is 49.9 Å². The van der Waals surface area contributed by atoms with Gasteiger partial charge in [-0.2, -0.15) is 0 Å². The SMILES string of the molecule is CC(C)Cc1ccc(C(C)NC(=O)CSc2nnc(-c3ccco3)n2CCC(N)=O)cc1. The molecular formula is C23H29N5O3S. The summed E-state index contributed by atoms with van der Waals surface area (Å²) in [6.45, 7) is 6.66. The summed E-state index contributed by atoms with van der Waals surface area (Å²) in [6.07, 6.45) is 2.71. The molecule has 1 atom stereocenters. The maximum atomic E-state index is 12.5. The number of nitrogens with one attached hydrogen (secondary N) is 1. The van der Waals surface area contributed by atoms with Crippen molar-refractivity contribution in [3.8, 4) is 11.6 Å². The van der Waals surface area contributed by atoms with Gasteiger partial charge in [-0.05, 0) is 42.5 Å². The van der Waals surface area contributed by atoms with Crippen LogP contribution < -0.4 is 11.1 Å². The van der Waals surface area contributed by atoms with E-state index in [1.807, 2.05) is 6.92 Å². The lowest BCUT2D eigenvalue weighted by molar-refractivity contribution is -0.119. The number of carbonyl (C=O) groups is 2. The number of nitrogens with two attached hydrogens (primary N) is 1. The maximum absolute atomic E-state index is 12.5. The number of rotatable bonds is 11. The van der Waals surface area contributed by atoms with Crippen molar-refractivity contribution in [1.82, 2.24) is 20.1 Å². The Labute approximate surface area is 192 Å². The Hall–Kier alpha value is -3.07. The first-order valence-electron chi connectivity index (χ1n) is 10.6. The largest absolute Gasteiger partial charge is 0.461 e. The van der Waals surface area contributed by atoms with Crippen molar-refractivity contribution in [2.45, 2.75) is 51.4 Å². The fraction of sp³-hybridized carbons (Fsp3) is 0.391. The van der Waals surface area contributed by atoms with Crippen molar-refractivity contribution in [3.05, 3.63) is 53.8 Å². The fourth-order valence-corrected chi connectivity index (χ4v) is 4.09. The van der Waals surface area contributed by atoms with Gasteiger partial charge in [0.25, 0.3) is 0 Å². The number of primary amides is 1. The van der Waals surface area contributed by atoms with Crippen molar-refractivity contribution in [1.29, 1.82) is 0 Å². The number of aromatic nitrogens is 3. The molecule has 3 aromatic rings. The summed E-state index contributed by atoms with van der Waals surface area (Å²) in [6, 6.07) is 11.8. The number of amides is 2. The van der Waals surface area contributed by atoms with Gasteiger partial charge in [0.2, 0.25) is 11.8 Å². The molecule has 3 rings (SSSR count). The molecule has 9 heteroatoms. The summed E-state index contributed by atoms with van der Waals surface area (Å²) >= 11 is 1.25. The lowest BCUT2D eigenvalue weighted by atomic mass is 10.00. The topological polar surface area (TPSA) is 116 Å². The Kier molecular flexibility index (Phi) is 8.10. The normalized spacial score (nSPS) is 12.1. The second-order valence-electron chi connectivity index (χ2n) is 8.07. The highest BCUT2D eigenvalue weighted by Crippen LogP contribution is 2.25. The van der Waals surface area contributed by atoms with Crippen LogP contribution in [0.2, 0.25) is 0 Å². The number of carbonyl (C=O) groups excluding carboxylic acids is 2. The molecule has 0 fully saturated rings. The molecule has 8 nitrogen and oxygen atoms in total. The van der Waals surface area contributed by atoms with Crippen molar-refractivity contribution in [2.24, 2.45) is 11.7 Å². The Morgan fingerprint density at radius 2 is 1.91 bits per heavy atom. The molecule has 3 N–H and O–H groups in total. The number of hydrogen-bond acceptors (Lipinski definition) is 6. The summed E-state index contributed by atoms with van der Waals surface area (Å²) in [5, 5.41) is 11.9. The van der Waals surface area contributed by atoms with E-state index in [2.05, 4.69) is 53.6 Å². The van der Waals surface area contributed by atoms with Gasteiger partial charge in [-0.15, -0.1) is 10.2 Å². The number of furan rings is 1. The van der Waals surface area contributed by atoms with Crippen molar-refractivity contribution in [3.63, 3.8) is 0 Å². The first kappa shape index (κ1) is 23.6. The molecule has 0 spiro atoms. The van der Waals surface area contributed by atoms with Crippen LogP contribution in [0.25, 0.3) is 11.6 Å². The van der Waals surface area contributed by atoms with Crippen LogP contribution in [0.15, 0.2) is 52.2 Å². The molecule has 2 amide bonds. The number of hydrogen-bond donors (Lipinski definition) is 2. The molecule has 0 saturated carbocycles. The van der Waals surface area contributed by atoms with Crippen LogP contribution in [-0.2, 0) is 22.6 Å². The average molecular weight is 456 g/mol. The van der Waals surface area contributed by atoms with E-state index in [9.17, 15) is 9.59 Å². The van der Waals surface area contributed by atoms with Crippen molar-refractivity contribution in [2.75, 3.05) is 5.75 Å². The van der Waals surface area contributed by atoms with E-state index in [1.54, 1.807) is 23.0 Å². The smallest absolute Gasteiger partial charge is 0.230 e. The number of thioether (sulfide) groups is 1. The van der Waals surface area contributed by atoms with Crippen LogP contribution in [-0.4, -0.2) is 32.3 Å². The van der Waals surface area contributed by atoms with E-state index in [0.29, 0.717) is 29.2 Å². The molecule has 1 aromatic carbocycles. The first-order valence-corrected chi connectivity index (χ1v) is 11.6. The third kappa shape index (κ3) is 6.46. The lowest BCUT2D eigenvalue weighted by Gasteiger charge is -2.15. The maximum Gasteiger partial charge on any atom is 0.230 e. The van der Waals surface area contributed by atoms with Crippen LogP contribution in [0.4, 0.5) is 0 Å². The highest BCUT2D eigenvalue weighted by molar-refractivity contribution is 7.99. The molecule has 0 radical (unpaired) electrons. The summed E-state index contributed by atoms with van der Waals surface area (Å²) in [4.78, 5) is 23.8. The monoisotopic (exact) mass is 455 g/mol. The average Bonchev–Trinajstić information content (AvgIpc) is 3.40. The molecule has 0 bridgehead atoms. The first-order chi connectivity index (χ1) is 15.3. The van der Waals surface area contributed by atoms with E-state index in [0.717, 1.165) is 12.0 Å². The molecule has 0 aliphatic heterocycles. The van der Waals surface area contributed by atoms with E-state index in [-0.39, 0.29) is 24.1 Å². The van der Waals surface area contributed by atoms with Gasteiger partial charge in [-0.25, -0.2) is 0 Å². The number of nitrogens with zero attached hydrogens (tertiary/aromatic N) is 3. The van der Waals surface area contributed by atoms with Crippen LogP contribution in [0.5, 0.6) is 0 Å². The van der Waals surface area contributed by atoms with Gasteiger partial charge < -0.3 is 15.5 Å². The highest BCUT2D eigenvalue weighted by Gasteiger charge is 2.18. The standard InChI is InChI=1S/C23H29N5O3S/c1-15(2)13-17-6-8-18(9-7-17)16(3)25-21(30)14-32-23-27-26-22(19-5-4-12-31-19)28(23)11-10-20(24)29/h4-9,12,15-16H,10-11,13-14H2,1-3H3,(H2,24,29)(H,25,30). The summed E-state index contributed by atoms with van der Waals surface area (Å²) in [5.41, 5.74) is 7.65. The van der Waals surface area contributed by atoms with Gasteiger partial charge in [0.05, 0.1) is 18.1 Å². The van der Waals surface area contributed by atoms with E-state index < -0.39 is 5.91 Å². The quantitative estimate of drug-likeness (QED) is 0.427. The van der Waals surface area contributed by atoms with Crippen LogP contribution in [0.3, 0.4) is 0 Å². The van der Waals surface area contributed by atoms with Gasteiger partial charge >= 0.3 is 0 Å².